The number of fused-ring (bicyclic) bond motifs is 2. The normalized spacial score (nSPS) is 12.9. The van der Waals surface area contributed by atoms with E-state index in [0.29, 0.717) is 42.0 Å². The van der Waals surface area contributed by atoms with Crippen LogP contribution in [-0.2, 0) is 16.6 Å². The molecule has 9 nitrogen and oxygen atoms in total. The second kappa shape index (κ2) is 9.47. The van der Waals surface area contributed by atoms with E-state index >= 15 is 0 Å². The summed E-state index contributed by atoms with van der Waals surface area (Å²) in [6.07, 6.45) is 0. The van der Waals surface area contributed by atoms with Crippen LogP contribution in [0.5, 0.6) is 11.5 Å². The molecule has 10 heteroatoms. The van der Waals surface area contributed by atoms with Gasteiger partial charge in [-0.3, -0.25) is 9.59 Å². The predicted molar refractivity (Wildman–Crippen MR) is 128 cm³/mol. The van der Waals surface area contributed by atoms with E-state index in [1.165, 1.54) is 28.6 Å². The van der Waals surface area contributed by atoms with Crippen molar-refractivity contribution in [1.82, 2.24) is 14.2 Å². The molecule has 1 aliphatic heterocycles. The topological polar surface area (TPSA) is 109 Å². The Balaban J connectivity index is 1.74. The highest BCUT2D eigenvalue weighted by Crippen LogP contribution is 2.33. The van der Waals surface area contributed by atoms with Gasteiger partial charge in [0.15, 0.2) is 11.5 Å². The van der Waals surface area contributed by atoms with Crippen LogP contribution in [-0.4, -0.2) is 54.9 Å². The number of hydrogen-bond acceptors (Lipinski definition) is 6. The van der Waals surface area contributed by atoms with Gasteiger partial charge in [0, 0.05) is 43.1 Å². The van der Waals surface area contributed by atoms with Gasteiger partial charge in [0.25, 0.3) is 5.91 Å². The number of amides is 1. The molecule has 1 aromatic heterocycles. The van der Waals surface area contributed by atoms with Crippen molar-refractivity contribution in [2.45, 2.75) is 32.2 Å². The van der Waals surface area contributed by atoms with Crippen molar-refractivity contribution in [2.24, 2.45) is 0 Å². The van der Waals surface area contributed by atoms with Crippen molar-refractivity contribution in [3.63, 3.8) is 0 Å². The third-order valence-corrected chi connectivity index (χ3v) is 7.91. The van der Waals surface area contributed by atoms with Crippen LogP contribution in [0.1, 0.15) is 36.7 Å². The van der Waals surface area contributed by atoms with E-state index in [-0.39, 0.29) is 29.7 Å². The minimum Gasteiger partial charge on any atom is -0.454 e. The van der Waals surface area contributed by atoms with Crippen molar-refractivity contribution in [3.8, 4) is 11.5 Å². The van der Waals surface area contributed by atoms with Gasteiger partial charge in [-0.2, -0.15) is 4.31 Å². The number of aromatic nitrogens is 1. The Kier molecular flexibility index (Phi) is 6.63. The van der Waals surface area contributed by atoms with Gasteiger partial charge >= 0.3 is 0 Å². The minimum atomic E-state index is -3.73. The smallest absolute Gasteiger partial charge is 0.255 e. The Hall–Kier alpha value is -3.37. The second-order valence-electron chi connectivity index (χ2n) is 7.85. The molecule has 3 aromatic rings. The molecular formula is C24H27N3O6S. The highest BCUT2D eigenvalue weighted by Gasteiger charge is 2.24. The fourth-order valence-electron chi connectivity index (χ4n) is 4.04. The first-order valence-corrected chi connectivity index (χ1v) is 12.6. The van der Waals surface area contributed by atoms with Gasteiger partial charge in [-0.1, -0.05) is 19.9 Å². The molecule has 0 radical (unpaired) electrons. The van der Waals surface area contributed by atoms with E-state index in [9.17, 15) is 18.0 Å². The molecule has 1 amide bonds. The molecule has 0 spiro atoms. The van der Waals surface area contributed by atoms with Gasteiger partial charge in [-0.15, -0.1) is 0 Å². The Morgan fingerprint density at radius 1 is 0.971 bits per heavy atom. The summed E-state index contributed by atoms with van der Waals surface area (Å²) in [7, 11) is -3.73. The van der Waals surface area contributed by atoms with Crippen molar-refractivity contribution >= 4 is 26.8 Å². The number of pyridine rings is 1. The molecule has 0 saturated heterocycles. The molecule has 180 valence electrons. The maximum atomic E-state index is 13.5. The zero-order valence-electron chi connectivity index (χ0n) is 19.3. The van der Waals surface area contributed by atoms with Crippen LogP contribution < -0.4 is 15.0 Å². The summed E-state index contributed by atoms with van der Waals surface area (Å²) in [4.78, 5) is 30.2. The molecule has 4 rings (SSSR count). The lowest BCUT2D eigenvalue weighted by Gasteiger charge is -2.22. The molecule has 2 aromatic carbocycles. The van der Waals surface area contributed by atoms with E-state index < -0.39 is 15.6 Å². The molecule has 1 aliphatic rings. The number of benzene rings is 2. The molecule has 34 heavy (non-hydrogen) atoms. The summed E-state index contributed by atoms with van der Waals surface area (Å²) < 4.78 is 38.2. The molecule has 0 fully saturated rings. The highest BCUT2D eigenvalue weighted by molar-refractivity contribution is 7.89. The van der Waals surface area contributed by atoms with Crippen LogP contribution in [0.2, 0.25) is 0 Å². The molecule has 1 N–H and O–H groups in total. The summed E-state index contributed by atoms with van der Waals surface area (Å²) in [5.41, 5.74) is 0.958. The summed E-state index contributed by atoms with van der Waals surface area (Å²) in [5.74, 6) is 0.906. The lowest BCUT2D eigenvalue weighted by molar-refractivity contribution is 0.0754. The lowest BCUT2D eigenvalue weighted by Crippen LogP contribution is -2.32. The Morgan fingerprint density at radius 2 is 1.71 bits per heavy atom. The number of nitrogens with one attached hydrogen (secondary N) is 1. The van der Waals surface area contributed by atoms with E-state index in [1.807, 2.05) is 19.1 Å². The number of rotatable bonds is 8. The molecule has 0 unspecified atom stereocenters. The number of ether oxygens (including phenoxy) is 2. The van der Waals surface area contributed by atoms with Crippen molar-refractivity contribution in [2.75, 3.05) is 26.4 Å². The van der Waals surface area contributed by atoms with Gasteiger partial charge in [0.2, 0.25) is 22.4 Å². The minimum absolute atomic E-state index is 0.0728. The number of nitrogens with zero attached hydrogens (tertiary/aromatic N) is 2. The van der Waals surface area contributed by atoms with Crippen LogP contribution in [0.25, 0.3) is 10.9 Å². The van der Waals surface area contributed by atoms with Crippen molar-refractivity contribution in [3.05, 3.63) is 63.9 Å². The first kappa shape index (κ1) is 23.8. The molecule has 0 aliphatic carbocycles. The molecular weight excluding hydrogens is 458 g/mol. The number of carbonyl (C=O) groups excluding carboxylic acids is 1. The Morgan fingerprint density at radius 3 is 2.41 bits per heavy atom. The van der Waals surface area contributed by atoms with E-state index in [1.54, 1.807) is 24.8 Å². The van der Waals surface area contributed by atoms with Gasteiger partial charge in [0.1, 0.15) is 0 Å². The van der Waals surface area contributed by atoms with Gasteiger partial charge in [0.05, 0.1) is 10.5 Å². The first-order valence-electron chi connectivity index (χ1n) is 11.1. The number of aromatic amines is 1. The average molecular weight is 486 g/mol. The second-order valence-corrected chi connectivity index (χ2v) is 9.79. The van der Waals surface area contributed by atoms with Crippen molar-refractivity contribution < 1.29 is 22.7 Å². The highest BCUT2D eigenvalue weighted by atomic mass is 32.2. The fourth-order valence-corrected chi connectivity index (χ4v) is 5.52. The van der Waals surface area contributed by atoms with E-state index in [4.69, 9.17) is 9.47 Å². The Bertz CT molecular complexity index is 1400. The van der Waals surface area contributed by atoms with Crippen LogP contribution in [0.4, 0.5) is 0 Å². The summed E-state index contributed by atoms with van der Waals surface area (Å²) in [5, 5.41) is 0.377. The van der Waals surface area contributed by atoms with Crippen LogP contribution in [0.15, 0.2) is 52.2 Å². The number of carbonyl (C=O) groups is 1. The standard InChI is InChI=1S/C24H27N3O6S/c1-4-26(14-16-7-10-21-22(11-16)33-15-32-21)24(29)19-13-23(28)25-20-9-8-17(12-18(19)20)34(30,31)27(5-2)6-3/h7-13H,4-6,14-15H2,1-3H3,(H,25,28). The largest absolute Gasteiger partial charge is 0.454 e. The van der Waals surface area contributed by atoms with Gasteiger partial charge in [-0.05, 0) is 42.8 Å². The summed E-state index contributed by atoms with van der Waals surface area (Å²) in [6, 6.07) is 11.1. The molecule has 0 saturated carbocycles. The molecule has 0 atom stereocenters. The summed E-state index contributed by atoms with van der Waals surface area (Å²) in [6.45, 7) is 6.87. The Labute approximate surface area is 197 Å². The maximum absolute atomic E-state index is 13.5. The quantitative estimate of drug-likeness (QED) is 0.526. The van der Waals surface area contributed by atoms with Crippen LogP contribution in [0.3, 0.4) is 0 Å². The molecule has 2 heterocycles. The van der Waals surface area contributed by atoms with Crippen LogP contribution >= 0.6 is 0 Å². The average Bonchev–Trinajstić information content (AvgIpc) is 3.29. The first-order chi connectivity index (χ1) is 16.3. The third kappa shape index (κ3) is 4.38. The monoisotopic (exact) mass is 485 g/mol. The SMILES string of the molecule is CCN(Cc1ccc2c(c1)OCO2)C(=O)c1cc(=O)[nH]c2ccc(S(=O)(=O)N(CC)CC)cc12. The van der Waals surface area contributed by atoms with Crippen molar-refractivity contribution in [1.29, 1.82) is 0 Å². The van der Waals surface area contributed by atoms with Gasteiger partial charge in [-0.25, -0.2) is 8.42 Å². The van der Waals surface area contributed by atoms with Gasteiger partial charge < -0.3 is 19.4 Å². The molecule has 0 bridgehead atoms. The zero-order chi connectivity index (χ0) is 24.5. The zero-order valence-corrected chi connectivity index (χ0v) is 20.1. The fraction of sp³-hybridized carbons (Fsp3) is 0.333. The number of sulfonamides is 1. The van der Waals surface area contributed by atoms with E-state index in [2.05, 4.69) is 4.98 Å². The van der Waals surface area contributed by atoms with E-state index in [0.717, 1.165) is 5.56 Å². The summed E-state index contributed by atoms with van der Waals surface area (Å²) >= 11 is 0. The number of hydrogen-bond donors (Lipinski definition) is 1. The maximum Gasteiger partial charge on any atom is 0.255 e. The predicted octanol–water partition coefficient (Wildman–Crippen LogP) is 2.95. The number of H-pyrrole nitrogens is 1. The lowest BCUT2D eigenvalue weighted by atomic mass is 10.1. The van der Waals surface area contributed by atoms with Crippen LogP contribution in [0, 0.1) is 0 Å². The third-order valence-electron chi connectivity index (χ3n) is 5.87.